The first-order chi connectivity index (χ1) is 9.11. The Morgan fingerprint density at radius 2 is 1.79 bits per heavy atom. The van der Waals surface area contributed by atoms with E-state index in [-0.39, 0.29) is 11.3 Å². The lowest BCUT2D eigenvalue weighted by Gasteiger charge is -2.09. The van der Waals surface area contributed by atoms with Crippen molar-refractivity contribution in [3.63, 3.8) is 0 Å². The molecule has 2 rings (SSSR count). The van der Waals surface area contributed by atoms with Gasteiger partial charge in [0.2, 0.25) is 0 Å². The van der Waals surface area contributed by atoms with Gasteiger partial charge < -0.3 is 10.1 Å². The largest absolute Gasteiger partial charge is 0.493 e. The predicted octanol–water partition coefficient (Wildman–Crippen LogP) is 3.23. The average Bonchev–Trinajstić information content (AvgIpc) is 2.41. The van der Waals surface area contributed by atoms with E-state index >= 15 is 0 Å². The van der Waals surface area contributed by atoms with Crippen molar-refractivity contribution >= 4 is 11.6 Å². The van der Waals surface area contributed by atoms with Crippen molar-refractivity contribution in [2.75, 3.05) is 12.4 Å². The number of rotatable bonds is 3. The minimum atomic E-state index is -0.616. The van der Waals surface area contributed by atoms with Gasteiger partial charge in [-0.05, 0) is 36.4 Å². The second-order valence-corrected chi connectivity index (χ2v) is 3.78. The molecule has 0 aliphatic rings. The van der Waals surface area contributed by atoms with E-state index in [1.54, 1.807) is 0 Å². The highest BCUT2D eigenvalue weighted by Gasteiger charge is 2.15. The maximum atomic E-state index is 13.4. The molecule has 19 heavy (non-hydrogen) atoms. The molecule has 1 N–H and O–H groups in total. The molecule has 1 amide bonds. The molecule has 2 aromatic carbocycles. The number of hydrogen-bond acceptors (Lipinski definition) is 2. The normalized spacial score (nSPS) is 10.1. The Balaban J connectivity index is 2.25. The van der Waals surface area contributed by atoms with E-state index in [1.807, 2.05) is 0 Å². The molecular weight excluding hydrogens is 252 g/mol. The van der Waals surface area contributed by atoms with Gasteiger partial charge in [-0.2, -0.15) is 0 Å². The highest BCUT2D eigenvalue weighted by molar-refractivity contribution is 6.06. The molecule has 0 spiro atoms. The molecule has 98 valence electrons. The summed E-state index contributed by atoms with van der Waals surface area (Å²) in [4.78, 5) is 12.0. The third-order valence-corrected chi connectivity index (χ3v) is 2.52. The zero-order chi connectivity index (χ0) is 13.8. The zero-order valence-electron chi connectivity index (χ0n) is 10.1. The van der Waals surface area contributed by atoms with Crippen LogP contribution >= 0.6 is 0 Å². The molecule has 0 bridgehead atoms. The fourth-order valence-corrected chi connectivity index (χ4v) is 1.63. The Bertz CT molecular complexity index is 597. The van der Waals surface area contributed by atoms with E-state index in [0.717, 1.165) is 0 Å². The fraction of sp³-hybridized carbons (Fsp3) is 0.0714. The maximum Gasteiger partial charge on any atom is 0.259 e. The summed E-state index contributed by atoms with van der Waals surface area (Å²) >= 11 is 0. The molecule has 0 aliphatic heterocycles. The smallest absolute Gasteiger partial charge is 0.259 e. The number of para-hydroxylation sites is 1. The van der Waals surface area contributed by atoms with Gasteiger partial charge in [0.15, 0.2) is 11.6 Å². The van der Waals surface area contributed by atoms with E-state index in [4.69, 9.17) is 4.74 Å². The molecule has 0 fully saturated rings. The number of ether oxygens (including phenoxy) is 1. The quantitative estimate of drug-likeness (QED) is 0.923. The van der Waals surface area contributed by atoms with Crippen LogP contribution in [0.15, 0.2) is 42.5 Å². The highest BCUT2D eigenvalue weighted by Crippen LogP contribution is 2.23. The van der Waals surface area contributed by atoms with Crippen molar-refractivity contribution in [2.24, 2.45) is 0 Å². The SMILES string of the molecule is COc1c(F)cccc1C(=O)Nc1ccc(F)cc1. The number of amides is 1. The Hall–Kier alpha value is -2.43. The first-order valence-electron chi connectivity index (χ1n) is 5.51. The van der Waals surface area contributed by atoms with Crippen molar-refractivity contribution < 1.29 is 18.3 Å². The molecule has 0 aromatic heterocycles. The number of benzene rings is 2. The molecule has 3 nitrogen and oxygen atoms in total. The number of methoxy groups -OCH3 is 1. The van der Waals surface area contributed by atoms with Crippen LogP contribution in [0.2, 0.25) is 0 Å². The van der Waals surface area contributed by atoms with Crippen LogP contribution in [0.5, 0.6) is 5.75 Å². The number of carbonyl (C=O) groups excluding carboxylic acids is 1. The summed E-state index contributed by atoms with van der Waals surface area (Å²) in [7, 11) is 1.28. The molecule has 2 aromatic rings. The van der Waals surface area contributed by atoms with E-state index in [0.29, 0.717) is 5.69 Å². The molecule has 5 heteroatoms. The maximum absolute atomic E-state index is 13.4. The van der Waals surface area contributed by atoms with Crippen molar-refractivity contribution in [1.29, 1.82) is 0 Å². The second kappa shape index (κ2) is 5.48. The van der Waals surface area contributed by atoms with Crippen molar-refractivity contribution in [3.8, 4) is 5.75 Å². The van der Waals surface area contributed by atoms with E-state index in [9.17, 15) is 13.6 Å². The van der Waals surface area contributed by atoms with Crippen LogP contribution in [0.4, 0.5) is 14.5 Å². The van der Waals surface area contributed by atoms with Gasteiger partial charge in [0.05, 0.1) is 12.7 Å². The van der Waals surface area contributed by atoms with E-state index in [1.165, 1.54) is 49.6 Å². The number of halogens is 2. The monoisotopic (exact) mass is 263 g/mol. The summed E-state index contributed by atoms with van der Waals surface area (Å²) in [6.45, 7) is 0. The Morgan fingerprint density at radius 1 is 1.11 bits per heavy atom. The van der Waals surface area contributed by atoms with Crippen molar-refractivity contribution in [2.45, 2.75) is 0 Å². The van der Waals surface area contributed by atoms with Gasteiger partial charge in [0.25, 0.3) is 5.91 Å². The first kappa shape index (κ1) is 13.0. The summed E-state index contributed by atoms with van der Waals surface area (Å²) in [6, 6.07) is 9.33. The molecular formula is C14H11F2NO2. The van der Waals surface area contributed by atoms with Gasteiger partial charge >= 0.3 is 0 Å². The average molecular weight is 263 g/mol. The first-order valence-corrected chi connectivity index (χ1v) is 5.51. The van der Waals surface area contributed by atoms with Gasteiger partial charge in [0, 0.05) is 5.69 Å². The van der Waals surface area contributed by atoms with Crippen molar-refractivity contribution in [3.05, 3.63) is 59.7 Å². The zero-order valence-corrected chi connectivity index (χ0v) is 10.1. The lowest BCUT2D eigenvalue weighted by Crippen LogP contribution is -2.13. The third-order valence-electron chi connectivity index (χ3n) is 2.52. The van der Waals surface area contributed by atoms with Crippen LogP contribution in [-0.2, 0) is 0 Å². The molecule has 0 atom stereocenters. The van der Waals surface area contributed by atoms with E-state index < -0.39 is 17.5 Å². The summed E-state index contributed by atoms with van der Waals surface area (Å²) in [5.74, 6) is -1.67. The van der Waals surface area contributed by atoms with Crippen molar-refractivity contribution in [1.82, 2.24) is 0 Å². The molecule has 0 heterocycles. The van der Waals surface area contributed by atoms with Crippen LogP contribution in [0.1, 0.15) is 10.4 Å². The predicted molar refractivity (Wildman–Crippen MR) is 67.3 cm³/mol. The Morgan fingerprint density at radius 3 is 2.42 bits per heavy atom. The van der Waals surface area contributed by atoms with Crippen LogP contribution in [0.25, 0.3) is 0 Å². The number of anilines is 1. The lowest BCUT2D eigenvalue weighted by atomic mass is 10.1. The van der Waals surface area contributed by atoms with Crippen LogP contribution in [-0.4, -0.2) is 13.0 Å². The third kappa shape index (κ3) is 2.88. The lowest BCUT2D eigenvalue weighted by molar-refractivity contribution is 0.102. The van der Waals surface area contributed by atoms with Crippen LogP contribution in [0.3, 0.4) is 0 Å². The summed E-state index contributed by atoms with van der Waals surface area (Å²) in [6.07, 6.45) is 0. The highest BCUT2D eigenvalue weighted by atomic mass is 19.1. The topological polar surface area (TPSA) is 38.3 Å². The minimum absolute atomic E-state index is 0.0758. The molecule has 0 aliphatic carbocycles. The van der Waals surface area contributed by atoms with E-state index in [2.05, 4.69) is 5.32 Å². The Labute approximate surface area is 108 Å². The standard InChI is InChI=1S/C14H11F2NO2/c1-19-13-11(3-2-4-12(13)16)14(18)17-10-7-5-9(15)6-8-10/h2-8H,1H3,(H,17,18). The summed E-state index contributed by atoms with van der Waals surface area (Å²) in [5.41, 5.74) is 0.490. The molecule has 0 saturated heterocycles. The van der Waals surface area contributed by atoms with Gasteiger partial charge in [-0.1, -0.05) is 6.07 Å². The Kier molecular flexibility index (Phi) is 3.75. The summed E-state index contributed by atoms with van der Waals surface area (Å²) in [5, 5.41) is 2.54. The fourth-order valence-electron chi connectivity index (χ4n) is 1.63. The van der Waals surface area contributed by atoms with Gasteiger partial charge in [0.1, 0.15) is 5.82 Å². The van der Waals surface area contributed by atoms with Gasteiger partial charge in [-0.15, -0.1) is 0 Å². The molecule has 0 radical (unpaired) electrons. The van der Waals surface area contributed by atoms with Crippen LogP contribution in [0, 0.1) is 11.6 Å². The second-order valence-electron chi connectivity index (χ2n) is 3.78. The number of carbonyl (C=O) groups is 1. The summed E-state index contributed by atoms with van der Waals surface area (Å²) < 4.78 is 31.0. The molecule has 0 saturated carbocycles. The van der Waals surface area contributed by atoms with Gasteiger partial charge in [-0.3, -0.25) is 4.79 Å². The molecule has 0 unspecified atom stereocenters. The number of nitrogens with one attached hydrogen (secondary N) is 1. The van der Waals surface area contributed by atoms with Crippen LogP contribution < -0.4 is 10.1 Å². The number of hydrogen-bond donors (Lipinski definition) is 1. The van der Waals surface area contributed by atoms with Gasteiger partial charge in [-0.25, -0.2) is 8.78 Å². The minimum Gasteiger partial charge on any atom is -0.493 e.